The molecule has 0 radical (unpaired) electrons. The quantitative estimate of drug-likeness (QED) is 0.567. The lowest BCUT2D eigenvalue weighted by Gasteiger charge is -2.33. The van der Waals surface area contributed by atoms with Gasteiger partial charge in [0.05, 0.1) is 17.5 Å². The van der Waals surface area contributed by atoms with Crippen LogP contribution in [0.2, 0.25) is 0 Å². The van der Waals surface area contributed by atoms with Crippen LogP contribution in [0.3, 0.4) is 0 Å². The molecule has 2 aromatic rings. The van der Waals surface area contributed by atoms with Gasteiger partial charge in [0.2, 0.25) is 9.84 Å². The number of carbonyl (C=O) groups excluding carboxylic acids is 1. The molecule has 0 spiro atoms. The third-order valence-electron chi connectivity index (χ3n) is 5.97. The molecular weight excluding hydrogens is 442 g/mol. The number of nitrogens with zero attached hydrogens (tertiary/aromatic N) is 3. The van der Waals surface area contributed by atoms with Crippen LogP contribution in [0, 0.1) is 5.92 Å². The lowest BCUT2D eigenvalue weighted by Crippen LogP contribution is -2.40. The van der Waals surface area contributed by atoms with Crippen LogP contribution in [-0.2, 0) is 14.6 Å². The summed E-state index contributed by atoms with van der Waals surface area (Å²) < 4.78 is 32.4. The Bertz CT molecular complexity index is 1120. The molecule has 0 aromatic carbocycles. The summed E-state index contributed by atoms with van der Waals surface area (Å²) in [6, 6.07) is 6.00. The summed E-state index contributed by atoms with van der Waals surface area (Å²) in [6.07, 6.45) is 3.07. The second-order valence-corrected chi connectivity index (χ2v) is 11.0. The number of pyridine rings is 2. The third-order valence-corrected chi connectivity index (χ3v) is 7.67. The van der Waals surface area contributed by atoms with Crippen molar-refractivity contribution >= 4 is 27.4 Å². The van der Waals surface area contributed by atoms with Crippen LogP contribution in [0.1, 0.15) is 50.9 Å². The van der Waals surface area contributed by atoms with Crippen molar-refractivity contribution < 1.29 is 17.9 Å². The van der Waals surface area contributed by atoms with Crippen molar-refractivity contribution in [1.29, 1.82) is 0 Å². The second kappa shape index (κ2) is 9.64. The number of rotatable bonds is 9. The van der Waals surface area contributed by atoms with Gasteiger partial charge >= 0.3 is 0 Å². The fraction of sp³-hybridized carbons (Fsp3) is 0.522. The average molecular weight is 476 g/mol. The van der Waals surface area contributed by atoms with Crippen LogP contribution in [0.15, 0.2) is 40.4 Å². The fourth-order valence-electron chi connectivity index (χ4n) is 4.48. The highest BCUT2D eigenvalue weighted by molar-refractivity contribution is 7.91. The first-order chi connectivity index (χ1) is 15.5. The summed E-state index contributed by atoms with van der Waals surface area (Å²) in [4.78, 5) is 23.0. The molecule has 3 N–H and O–H groups in total. The summed E-state index contributed by atoms with van der Waals surface area (Å²) in [5, 5.41) is 3.02. The van der Waals surface area contributed by atoms with Crippen LogP contribution in [-0.4, -0.2) is 56.1 Å². The first kappa shape index (κ1) is 24.9. The number of amides is 1. The summed E-state index contributed by atoms with van der Waals surface area (Å²) >= 11 is 0. The largest absolute Gasteiger partial charge is 0.383 e. The Morgan fingerprint density at radius 2 is 2.09 bits per heavy atom. The number of methoxy groups -OCH3 is 1. The lowest BCUT2D eigenvalue weighted by molar-refractivity contribution is 0.0997. The molecule has 1 aliphatic heterocycles. The normalized spacial score (nSPS) is 18.8. The van der Waals surface area contributed by atoms with Gasteiger partial charge in [0.25, 0.3) is 5.91 Å². The molecule has 180 valence electrons. The third kappa shape index (κ3) is 5.11. The number of carbonyl (C=O) groups is 1. The first-order valence-corrected chi connectivity index (χ1v) is 12.5. The van der Waals surface area contributed by atoms with E-state index in [4.69, 9.17) is 10.5 Å². The van der Waals surface area contributed by atoms with E-state index in [0.717, 1.165) is 12.8 Å². The number of sulfone groups is 1. The minimum atomic E-state index is -4.14. The Labute approximate surface area is 195 Å². The number of aromatic nitrogens is 2. The summed E-state index contributed by atoms with van der Waals surface area (Å²) in [7, 11) is -2.54. The Kier molecular flexibility index (Phi) is 7.28. The van der Waals surface area contributed by atoms with Gasteiger partial charge in [-0.15, -0.1) is 0 Å². The van der Waals surface area contributed by atoms with E-state index in [-0.39, 0.29) is 27.1 Å². The van der Waals surface area contributed by atoms with Crippen molar-refractivity contribution in [2.75, 3.05) is 30.5 Å². The number of hydrogen-bond donors (Lipinski definition) is 2. The predicted molar refractivity (Wildman–Crippen MR) is 127 cm³/mol. The van der Waals surface area contributed by atoms with Gasteiger partial charge in [0.15, 0.2) is 5.03 Å². The van der Waals surface area contributed by atoms with Gasteiger partial charge in [-0.3, -0.25) is 4.79 Å². The van der Waals surface area contributed by atoms with Crippen molar-refractivity contribution in [3.05, 3.63) is 36.0 Å². The number of hydrogen-bond acceptors (Lipinski definition) is 8. The number of nitrogens with one attached hydrogen (secondary N) is 1. The van der Waals surface area contributed by atoms with E-state index in [1.807, 2.05) is 25.7 Å². The van der Waals surface area contributed by atoms with Gasteiger partial charge in [0, 0.05) is 25.4 Å². The highest BCUT2D eigenvalue weighted by atomic mass is 32.2. The molecular formula is C23H33N5O4S. The zero-order valence-corrected chi connectivity index (χ0v) is 20.6. The van der Waals surface area contributed by atoms with Gasteiger partial charge < -0.3 is 20.7 Å². The van der Waals surface area contributed by atoms with E-state index >= 15 is 0 Å². The van der Waals surface area contributed by atoms with E-state index < -0.39 is 15.7 Å². The SMILES string of the molecule is CCC(COC)Nc1cccc(S(=O)(=O)c2ccnc(N3CC(C)CC3(C)C)c2C(N)=O)n1. The van der Waals surface area contributed by atoms with Crippen molar-refractivity contribution in [3.8, 4) is 0 Å². The topological polar surface area (TPSA) is 128 Å². The van der Waals surface area contributed by atoms with Crippen LogP contribution in [0.5, 0.6) is 0 Å². The number of nitrogens with two attached hydrogens (primary N) is 1. The van der Waals surface area contributed by atoms with Crippen LogP contribution in [0.4, 0.5) is 11.6 Å². The fourth-order valence-corrected chi connectivity index (χ4v) is 5.88. The summed E-state index contributed by atoms with van der Waals surface area (Å²) in [5.74, 6) is 0.223. The van der Waals surface area contributed by atoms with Gasteiger partial charge in [-0.2, -0.15) is 0 Å². The maximum atomic E-state index is 13.6. The van der Waals surface area contributed by atoms with Crippen molar-refractivity contribution in [3.63, 3.8) is 0 Å². The molecule has 3 rings (SSSR count). The van der Waals surface area contributed by atoms with E-state index in [9.17, 15) is 13.2 Å². The van der Waals surface area contributed by atoms with Gasteiger partial charge in [-0.25, -0.2) is 18.4 Å². The molecule has 1 fully saturated rings. The Morgan fingerprint density at radius 1 is 1.36 bits per heavy atom. The molecule has 2 unspecified atom stereocenters. The van der Waals surface area contributed by atoms with Crippen molar-refractivity contribution in [2.24, 2.45) is 11.7 Å². The molecule has 3 heterocycles. The number of ether oxygens (including phenoxy) is 1. The van der Waals surface area contributed by atoms with Gasteiger partial charge in [0.1, 0.15) is 17.2 Å². The van der Waals surface area contributed by atoms with Gasteiger partial charge in [-0.05, 0) is 50.8 Å². The highest BCUT2D eigenvalue weighted by Gasteiger charge is 2.40. The molecule has 2 atom stereocenters. The molecule has 9 nitrogen and oxygen atoms in total. The molecule has 1 amide bonds. The standard InChI is InChI=1S/C23H33N5O4S/c1-6-16(14-32-5)26-18-8-7-9-19(27-18)33(30,31)17-10-11-25-22(20(17)21(24)29)28-13-15(2)12-23(28,3)4/h7-11,15-16H,6,12-14H2,1-5H3,(H2,24,29)(H,26,27). The minimum absolute atomic E-state index is 0.0199. The Balaban J connectivity index is 2.08. The highest BCUT2D eigenvalue weighted by Crippen LogP contribution is 2.39. The first-order valence-electron chi connectivity index (χ1n) is 11.0. The molecule has 1 aliphatic rings. The Hall–Kier alpha value is -2.72. The summed E-state index contributed by atoms with van der Waals surface area (Å²) in [6.45, 7) is 9.31. The van der Waals surface area contributed by atoms with Gasteiger partial charge in [-0.1, -0.05) is 19.9 Å². The molecule has 10 heteroatoms. The van der Waals surface area contributed by atoms with E-state index in [1.165, 1.54) is 18.3 Å². The Morgan fingerprint density at radius 3 is 2.67 bits per heavy atom. The van der Waals surface area contributed by atoms with E-state index in [1.54, 1.807) is 19.2 Å². The molecule has 0 bridgehead atoms. The smallest absolute Gasteiger partial charge is 0.253 e. The second-order valence-electron chi connectivity index (χ2n) is 9.17. The molecule has 0 aliphatic carbocycles. The average Bonchev–Trinajstić information content (AvgIpc) is 3.04. The van der Waals surface area contributed by atoms with E-state index in [2.05, 4.69) is 22.2 Å². The zero-order chi connectivity index (χ0) is 24.4. The van der Waals surface area contributed by atoms with Crippen molar-refractivity contribution in [2.45, 2.75) is 62.0 Å². The monoisotopic (exact) mass is 475 g/mol. The van der Waals surface area contributed by atoms with Crippen LogP contribution in [0.25, 0.3) is 0 Å². The summed E-state index contributed by atoms with van der Waals surface area (Å²) in [5.41, 5.74) is 5.31. The molecule has 1 saturated heterocycles. The number of primary amides is 1. The lowest BCUT2D eigenvalue weighted by atomic mass is 9.97. The zero-order valence-electron chi connectivity index (χ0n) is 19.8. The van der Waals surface area contributed by atoms with E-state index in [0.29, 0.717) is 30.7 Å². The number of anilines is 2. The molecule has 2 aromatic heterocycles. The molecule has 33 heavy (non-hydrogen) atoms. The molecule has 0 saturated carbocycles. The minimum Gasteiger partial charge on any atom is -0.383 e. The maximum absolute atomic E-state index is 13.6. The van der Waals surface area contributed by atoms with Crippen molar-refractivity contribution in [1.82, 2.24) is 9.97 Å². The maximum Gasteiger partial charge on any atom is 0.253 e. The van der Waals surface area contributed by atoms with Crippen LogP contribution < -0.4 is 16.0 Å². The van der Waals surface area contributed by atoms with Crippen LogP contribution >= 0.6 is 0 Å². The predicted octanol–water partition coefficient (Wildman–Crippen LogP) is 2.87.